The van der Waals surface area contributed by atoms with E-state index in [4.69, 9.17) is 11.6 Å². The Bertz CT molecular complexity index is 453. The third-order valence-electron chi connectivity index (χ3n) is 3.40. The van der Waals surface area contributed by atoms with E-state index in [-0.39, 0.29) is 0 Å². The molecule has 96 valence electrons. The number of anilines is 1. The van der Waals surface area contributed by atoms with E-state index >= 15 is 0 Å². The molecule has 0 amide bonds. The normalized spacial score (nSPS) is 17.3. The standard InChI is InChI=1S/C14H18ClN3/c1-17-5-2-6-18(8-7-17)14-4-3-12(10-15)9-13(14)11-16/h3-4,9H,2,5-8,10H2,1H3. The van der Waals surface area contributed by atoms with Gasteiger partial charge in [0.2, 0.25) is 0 Å². The zero-order valence-electron chi connectivity index (χ0n) is 10.7. The third kappa shape index (κ3) is 2.95. The topological polar surface area (TPSA) is 30.3 Å². The molecule has 4 heteroatoms. The van der Waals surface area contributed by atoms with Crippen LogP contribution < -0.4 is 4.90 Å². The lowest BCUT2D eigenvalue weighted by atomic mass is 10.1. The lowest BCUT2D eigenvalue weighted by Gasteiger charge is -2.24. The number of benzene rings is 1. The maximum Gasteiger partial charge on any atom is 0.101 e. The Kier molecular flexibility index (Phi) is 4.46. The average Bonchev–Trinajstić information content (AvgIpc) is 2.62. The van der Waals surface area contributed by atoms with Crippen molar-refractivity contribution in [3.8, 4) is 6.07 Å². The van der Waals surface area contributed by atoms with Crippen LogP contribution in [0, 0.1) is 11.3 Å². The molecule has 0 radical (unpaired) electrons. The van der Waals surface area contributed by atoms with Crippen LogP contribution >= 0.6 is 11.6 Å². The van der Waals surface area contributed by atoms with Crippen molar-refractivity contribution in [2.75, 3.05) is 38.1 Å². The van der Waals surface area contributed by atoms with Crippen LogP contribution in [0.5, 0.6) is 0 Å². The molecule has 0 saturated carbocycles. The van der Waals surface area contributed by atoms with Gasteiger partial charge in [-0.15, -0.1) is 11.6 Å². The smallest absolute Gasteiger partial charge is 0.101 e. The Labute approximate surface area is 114 Å². The molecule has 0 atom stereocenters. The van der Waals surface area contributed by atoms with E-state index in [0.29, 0.717) is 5.88 Å². The fourth-order valence-electron chi connectivity index (χ4n) is 2.32. The van der Waals surface area contributed by atoms with Gasteiger partial charge in [0, 0.05) is 25.5 Å². The minimum atomic E-state index is 0.456. The second kappa shape index (κ2) is 6.08. The summed E-state index contributed by atoms with van der Waals surface area (Å²) in [6.07, 6.45) is 1.14. The van der Waals surface area contributed by atoms with E-state index in [9.17, 15) is 5.26 Å². The summed E-state index contributed by atoms with van der Waals surface area (Å²) < 4.78 is 0. The van der Waals surface area contributed by atoms with Gasteiger partial charge in [0.15, 0.2) is 0 Å². The minimum Gasteiger partial charge on any atom is -0.369 e. The van der Waals surface area contributed by atoms with Crippen LogP contribution in [0.15, 0.2) is 18.2 Å². The Morgan fingerprint density at radius 3 is 2.83 bits per heavy atom. The molecule has 1 aromatic carbocycles. The van der Waals surface area contributed by atoms with Gasteiger partial charge in [-0.2, -0.15) is 5.26 Å². The molecule has 1 aromatic rings. The van der Waals surface area contributed by atoms with E-state index < -0.39 is 0 Å². The van der Waals surface area contributed by atoms with Gasteiger partial charge < -0.3 is 9.80 Å². The lowest BCUT2D eigenvalue weighted by Crippen LogP contribution is -2.29. The van der Waals surface area contributed by atoms with Gasteiger partial charge in [0.05, 0.1) is 11.3 Å². The number of halogens is 1. The zero-order valence-corrected chi connectivity index (χ0v) is 11.5. The summed E-state index contributed by atoms with van der Waals surface area (Å²) in [7, 11) is 2.14. The molecule has 0 unspecified atom stereocenters. The molecule has 1 heterocycles. The molecule has 2 rings (SSSR count). The first-order valence-corrected chi connectivity index (χ1v) is 6.80. The molecular weight excluding hydrogens is 246 g/mol. The van der Waals surface area contributed by atoms with Crippen LogP contribution in [-0.4, -0.2) is 38.1 Å². The van der Waals surface area contributed by atoms with Crippen molar-refractivity contribution >= 4 is 17.3 Å². The van der Waals surface area contributed by atoms with Crippen LogP contribution in [-0.2, 0) is 5.88 Å². The zero-order chi connectivity index (χ0) is 13.0. The second-order valence-electron chi connectivity index (χ2n) is 4.74. The molecule has 0 spiro atoms. The Morgan fingerprint density at radius 2 is 2.11 bits per heavy atom. The van der Waals surface area contributed by atoms with E-state index in [2.05, 4.69) is 22.9 Å². The van der Waals surface area contributed by atoms with Gasteiger partial charge in [0.1, 0.15) is 6.07 Å². The molecule has 0 aromatic heterocycles. The number of alkyl halides is 1. The molecule has 0 bridgehead atoms. The van der Waals surface area contributed by atoms with Crippen molar-refractivity contribution in [3.05, 3.63) is 29.3 Å². The molecule has 3 nitrogen and oxygen atoms in total. The number of rotatable bonds is 2. The first-order chi connectivity index (χ1) is 8.74. The van der Waals surface area contributed by atoms with Crippen molar-refractivity contribution in [1.82, 2.24) is 4.90 Å². The van der Waals surface area contributed by atoms with Crippen molar-refractivity contribution in [2.24, 2.45) is 0 Å². The van der Waals surface area contributed by atoms with Crippen LogP contribution in [0.3, 0.4) is 0 Å². The summed E-state index contributed by atoms with van der Waals surface area (Å²) in [6.45, 7) is 4.16. The van der Waals surface area contributed by atoms with E-state index in [1.54, 1.807) is 0 Å². The SMILES string of the molecule is CN1CCCN(c2ccc(CCl)cc2C#N)CC1. The van der Waals surface area contributed by atoms with E-state index in [1.807, 2.05) is 18.2 Å². The Hall–Kier alpha value is -1.24. The van der Waals surface area contributed by atoms with Gasteiger partial charge in [-0.05, 0) is 37.7 Å². The molecule has 1 fully saturated rings. The van der Waals surface area contributed by atoms with E-state index in [0.717, 1.165) is 49.4 Å². The van der Waals surface area contributed by atoms with Crippen molar-refractivity contribution in [3.63, 3.8) is 0 Å². The number of nitrogens with zero attached hydrogens (tertiary/aromatic N) is 3. The number of hydrogen-bond acceptors (Lipinski definition) is 3. The molecular formula is C14H18ClN3. The van der Waals surface area contributed by atoms with Gasteiger partial charge in [-0.1, -0.05) is 6.07 Å². The van der Waals surface area contributed by atoms with Gasteiger partial charge in [-0.25, -0.2) is 0 Å². The maximum atomic E-state index is 9.26. The number of hydrogen-bond donors (Lipinski definition) is 0. The average molecular weight is 264 g/mol. The highest BCUT2D eigenvalue weighted by molar-refractivity contribution is 6.17. The number of likely N-dealkylation sites (N-methyl/N-ethyl adjacent to an activating group) is 1. The quantitative estimate of drug-likeness (QED) is 0.768. The lowest BCUT2D eigenvalue weighted by molar-refractivity contribution is 0.360. The second-order valence-corrected chi connectivity index (χ2v) is 5.01. The first kappa shape index (κ1) is 13.2. The monoisotopic (exact) mass is 263 g/mol. The van der Waals surface area contributed by atoms with Crippen LogP contribution in [0.25, 0.3) is 0 Å². The van der Waals surface area contributed by atoms with E-state index in [1.165, 1.54) is 0 Å². The molecule has 1 aliphatic rings. The van der Waals surface area contributed by atoms with Gasteiger partial charge in [-0.3, -0.25) is 0 Å². The highest BCUT2D eigenvalue weighted by atomic mass is 35.5. The molecule has 1 saturated heterocycles. The highest BCUT2D eigenvalue weighted by Gasteiger charge is 2.15. The highest BCUT2D eigenvalue weighted by Crippen LogP contribution is 2.23. The largest absolute Gasteiger partial charge is 0.369 e. The summed E-state index contributed by atoms with van der Waals surface area (Å²) in [5.74, 6) is 0.456. The van der Waals surface area contributed by atoms with Gasteiger partial charge in [0.25, 0.3) is 0 Å². The summed E-state index contributed by atoms with van der Waals surface area (Å²) in [4.78, 5) is 4.64. The fraction of sp³-hybridized carbons (Fsp3) is 0.500. The van der Waals surface area contributed by atoms with Crippen LogP contribution in [0.2, 0.25) is 0 Å². The Balaban J connectivity index is 2.24. The molecule has 0 N–H and O–H groups in total. The maximum absolute atomic E-state index is 9.26. The molecule has 18 heavy (non-hydrogen) atoms. The molecule has 0 aliphatic carbocycles. The number of nitriles is 1. The van der Waals surface area contributed by atoms with Crippen molar-refractivity contribution in [2.45, 2.75) is 12.3 Å². The third-order valence-corrected chi connectivity index (χ3v) is 3.70. The van der Waals surface area contributed by atoms with Crippen molar-refractivity contribution in [1.29, 1.82) is 5.26 Å². The summed E-state index contributed by atoms with van der Waals surface area (Å²) in [5.41, 5.74) is 2.78. The van der Waals surface area contributed by atoms with Gasteiger partial charge >= 0.3 is 0 Å². The first-order valence-electron chi connectivity index (χ1n) is 6.27. The van der Waals surface area contributed by atoms with Crippen molar-refractivity contribution < 1.29 is 0 Å². The fourth-order valence-corrected chi connectivity index (χ4v) is 2.49. The minimum absolute atomic E-state index is 0.456. The summed E-state index contributed by atoms with van der Waals surface area (Å²) in [5, 5.41) is 9.26. The Morgan fingerprint density at radius 1 is 1.28 bits per heavy atom. The summed E-state index contributed by atoms with van der Waals surface area (Å²) >= 11 is 5.81. The predicted molar refractivity (Wildman–Crippen MR) is 75.0 cm³/mol. The summed E-state index contributed by atoms with van der Waals surface area (Å²) in [6, 6.07) is 8.23. The predicted octanol–water partition coefficient (Wildman–Crippen LogP) is 2.44. The molecule has 1 aliphatic heterocycles. The van der Waals surface area contributed by atoms with Crippen LogP contribution in [0.4, 0.5) is 5.69 Å². The van der Waals surface area contributed by atoms with Crippen LogP contribution in [0.1, 0.15) is 17.5 Å².